The molecule has 0 aliphatic carbocycles. The molecule has 0 aromatic carbocycles. The molecule has 18 heavy (non-hydrogen) atoms. The topological polar surface area (TPSA) is 64.3 Å². The Labute approximate surface area is 108 Å². The molecular formula is C13H22N4O. The summed E-state index contributed by atoms with van der Waals surface area (Å²) >= 11 is 0. The van der Waals surface area contributed by atoms with Crippen LogP contribution in [0, 0.1) is 5.41 Å². The Morgan fingerprint density at radius 1 is 1.44 bits per heavy atom. The van der Waals surface area contributed by atoms with Gasteiger partial charge in [-0.3, -0.25) is 4.90 Å². The number of nitrogens with zero attached hydrogens (tertiary/aromatic N) is 3. The van der Waals surface area contributed by atoms with Crippen LogP contribution in [0.2, 0.25) is 0 Å². The van der Waals surface area contributed by atoms with Crippen LogP contribution in [0.15, 0.2) is 12.1 Å². The van der Waals surface area contributed by atoms with Crippen molar-refractivity contribution in [3.8, 4) is 5.88 Å². The fourth-order valence-electron chi connectivity index (χ4n) is 2.39. The number of piperidine rings is 1. The second kappa shape index (κ2) is 5.20. The third kappa shape index (κ3) is 2.97. The summed E-state index contributed by atoms with van der Waals surface area (Å²) in [5.41, 5.74) is 7.27. The van der Waals surface area contributed by atoms with Crippen LogP contribution >= 0.6 is 0 Å². The van der Waals surface area contributed by atoms with Crippen LogP contribution in [0.4, 0.5) is 0 Å². The summed E-state index contributed by atoms with van der Waals surface area (Å²) in [5, 5.41) is 8.15. The molecule has 0 radical (unpaired) electrons. The van der Waals surface area contributed by atoms with Crippen molar-refractivity contribution < 1.29 is 4.74 Å². The number of rotatable bonds is 3. The first-order valence-electron chi connectivity index (χ1n) is 6.36. The van der Waals surface area contributed by atoms with Gasteiger partial charge in [-0.1, -0.05) is 13.8 Å². The quantitative estimate of drug-likeness (QED) is 0.868. The first-order chi connectivity index (χ1) is 8.51. The highest BCUT2D eigenvalue weighted by atomic mass is 16.5. The smallest absolute Gasteiger partial charge is 0.233 e. The number of hydrogen-bond acceptors (Lipinski definition) is 5. The minimum absolute atomic E-state index is 0.165. The average molecular weight is 250 g/mol. The van der Waals surface area contributed by atoms with Crippen LogP contribution in [0.5, 0.6) is 5.88 Å². The van der Waals surface area contributed by atoms with Gasteiger partial charge in [0, 0.05) is 31.7 Å². The van der Waals surface area contributed by atoms with Crippen molar-refractivity contribution in [1.29, 1.82) is 0 Å². The lowest BCUT2D eigenvalue weighted by Gasteiger charge is -2.42. The molecule has 1 aromatic rings. The minimum Gasteiger partial charge on any atom is -0.480 e. The van der Waals surface area contributed by atoms with E-state index < -0.39 is 0 Å². The van der Waals surface area contributed by atoms with Gasteiger partial charge in [-0.05, 0) is 17.9 Å². The molecule has 2 heterocycles. The molecule has 1 saturated heterocycles. The summed E-state index contributed by atoms with van der Waals surface area (Å²) in [4.78, 5) is 2.39. The molecule has 5 nitrogen and oxygen atoms in total. The SMILES string of the molecule is COc1ccc(CN2CCC(N)C(C)(C)C2)nn1. The van der Waals surface area contributed by atoms with Gasteiger partial charge in [0.25, 0.3) is 0 Å². The number of methoxy groups -OCH3 is 1. The molecule has 1 atom stereocenters. The molecule has 0 spiro atoms. The van der Waals surface area contributed by atoms with E-state index in [9.17, 15) is 0 Å². The van der Waals surface area contributed by atoms with E-state index in [0.717, 1.165) is 31.7 Å². The van der Waals surface area contributed by atoms with Crippen LogP contribution in [0.1, 0.15) is 26.0 Å². The van der Waals surface area contributed by atoms with Gasteiger partial charge in [-0.2, -0.15) is 5.10 Å². The monoisotopic (exact) mass is 250 g/mol. The Morgan fingerprint density at radius 3 is 2.78 bits per heavy atom. The van der Waals surface area contributed by atoms with Gasteiger partial charge in [0.15, 0.2) is 0 Å². The van der Waals surface area contributed by atoms with Gasteiger partial charge in [-0.15, -0.1) is 5.10 Å². The maximum absolute atomic E-state index is 6.13. The molecule has 100 valence electrons. The fourth-order valence-corrected chi connectivity index (χ4v) is 2.39. The highest BCUT2D eigenvalue weighted by Crippen LogP contribution is 2.28. The lowest BCUT2D eigenvalue weighted by atomic mass is 9.80. The first kappa shape index (κ1) is 13.2. The Kier molecular flexibility index (Phi) is 3.82. The molecule has 0 amide bonds. The van der Waals surface area contributed by atoms with Crippen molar-refractivity contribution in [2.75, 3.05) is 20.2 Å². The van der Waals surface area contributed by atoms with Crippen LogP contribution in [0.3, 0.4) is 0 Å². The molecule has 0 bridgehead atoms. The standard InChI is InChI=1S/C13H22N4O/c1-13(2)9-17(7-6-11(13)14)8-10-4-5-12(18-3)16-15-10/h4-5,11H,6-9,14H2,1-3H3. The summed E-state index contributed by atoms with van der Waals surface area (Å²) in [6.45, 7) is 7.31. The highest BCUT2D eigenvalue weighted by molar-refractivity contribution is 5.11. The molecule has 5 heteroatoms. The van der Waals surface area contributed by atoms with Gasteiger partial charge in [0.2, 0.25) is 5.88 Å². The van der Waals surface area contributed by atoms with E-state index >= 15 is 0 Å². The normalized spacial score (nSPS) is 23.9. The van der Waals surface area contributed by atoms with E-state index in [2.05, 4.69) is 28.9 Å². The summed E-state index contributed by atoms with van der Waals surface area (Å²) in [6, 6.07) is 4.10. The van der Waals surface area contributed by atoms with Crippen LogP contribution < -0.4 is 10.5 Å². The predicted molar refractivity (Wildman–Crippen MR) is 70.2 cm³/mol. The molecule has 1 aromatic heterocycles. The molecule has 0 saturated carbocycles. The Hall–Kier alpha value is -1.20. The van der Waals surface area contributed by atoms with Crippen molar-refractivity contribution in [3.05, 3.63) is 17.8 Å². The Balaban J connectivity index is 1.97. The zero-order chi connectivity index (χ0) is 13.2. The molecule has 2 N–H and O–H groups in total. The van der Waals surface area contributed by atoms with Gasteiger partial charge >= 0.3 is 0 Å². The molecule has 1 fully saturated rings. The Morgan fingerprint density at radius 2 is 2.22 bits per heavy atom. The number of ether oxygens (including phenoxy) is 1. The summed E-state index contributed by atoms with van der Waals surface area (Å²) in [5.74, 6) is 0.555. The maximum Gasteiger partial charge on any atom is 0.233 e. The van der Waals surface area contributed by atoms with Gasteiger partial charge in [0.1, 0.15) is 0 Å². The van der Waals surface area contributed by atoms with E-state index in [1.165, 1.54) is 0 Å². The fraction of sp³-hybridized carbons (Fsp3) is 0.692. The van der Waals surface area contributed by atoms with Crippen molar-refractivity contribution in [1.82, 2.24) is 15.1 Å². The van der Waals surface area contributed by atoms with Gasteiger partial charge in [0.05, 0.1) is 12.8 Å². The summed E-state index contributed by atoms with van der Waals surface area (Å²) < 4.78 is 5.00. The second-order valence-electron chi connectivity index (χ2n) is 5.66. The maximum atomic E-state index is 6.13. The lowest BCUT2D eigenvalue weighted by molar-refractivity contribution is 0.0886. The molecule has 1 aliphatic rings. The molecule has 2 rings (SSSR count). The van der Waals surface area contributed by atoms with E-state index in [-0.39, 0.29) is 11.5 Å². The van der Waals surface area contributed by atoms with E-state index in [0.29, 0.717) is 5.88 Å². The number of nitrogens with two attached hydrogens (primary N) is 1. The lowest BCUT2D eigenvalue weighted by Crippen LogP contribution is -2.52. The largest absolute Gasteiger partial charge is 0.480 e. The number of aromatic nitrogens is 2. The average Bonchev–Trinajstić information content (AvgIpc) is 2.34. The van der Waals surface area contributed by atoms with Crippen molar-refractivity contribution in [2.45, 2.75) is 32.9 Å². The Bertz CT molecular complexity index is 390. The minimum atomic E-state index is 0.165. The predicted octanol–water partition coefficient (Wildman–Crippen LogP) is 1.04. The van der Waals surface area contributed by atoms with Crippen molar-refractivity contribution >= 4 is 0 Å². The summed E-state index contributed by atoms with van der Waals surface area (Å²) in [6.07, 6.45) is 1.04. The third-order valence-electron chi connectivity index (χ3n) is 3.68. The van der Waals surface area contributed by atoms with Crippen molar-refractivity contribution in [2.24, 2.45) is 11.1 Å². The first-order valence-corrected chi connectivity index (χ1v) is 6.36. The molecule has 1 aliphatic heterocycles. The molecular weight excluding hydrogens is 228 g/mol. The van der Waals surface area contributed by atoms with Gasteiger partial charge in [-0.25, -0.2) is 0 Å². The van der Waals surface area contributed by atoms with Gasteiger partial charge < -0.3 is 10.5 Å². The second-order valence-corrected chi connectivity index (χ2v) is 5.66. The van der Waals surface area contributed by atoms with E-state index in [1.807, 2.05) is 12.1 Å². The van der Waals surface area contributed by atoms with Crippen LogP contribution in [-0.2, 0) is 6.54 Å². The number of likely N-dealkylation sites (tertiary alicyclic amines) is 1. The number of hydrogen-bond donors (Lipinski definition) is 1. The third-order valence-corrected chi connectivity index (χ3v) is 3.68. The van der Waals surface area contributed by atoms with E-state index in [1.54, 1.807) is 7.11 Å². The summed E-state index contributed by atoms with van der Waals surface area (Å²) in [7, 11) is 1.60. The molecule has 1 unspecified atom stereocenters. The van der Waals surface area contributed by atoms with E-state index in [4.69, 9.17) is 10.5 Å². The van der Waals surface area contributed by atoms with Crippen LogP contribution in [-0.4, -0.2) is 41.3 Å². The van der Waals surface area contributed by atoms with Crippen LogP contribution in [0.25, 0.3) is 0 Å². The zero-order valence-corrected chi connectivity index (χ0v) is 11.4. The zero-order valence-electron chi connectivity index (χ0n) is 11.4. The highest BCUT2D eigenvalue weighted by Gasteiger charge is 2.33. The van der Waals surface area contributed by atoms with Crippen molar-refractivity contribution in [3.63, 3.8) is 0 Å².